The number of carbonyl (C=O) groups is 1. The topological polar surface area (TPSA) is 66.5 Å². The Labute approximate surface area is 144 Å². The van der Waals surface area contributed by atoms with Crippen LogP contribution in [-0.2, 0) is 21.0 Å². The number of hydrogen-bond donors (Lipinski definition) is 1. The number of nitrogens with zero attached hydrogens (tertiary/aromatic N) is 1. The second-order valence-electron chi connectivity index (χ2n) is 6.73. The predicted octanol–water partition coefficient (Wildman–Crippen LogP) is 2.30. The molecule has 2 heterocycles. The molecule has 1 atom stereocenters. The lowest BCUT2D eigenvalue weighted by atomic mass is 9.79. The zero-order valence-corrected chi connectivity index (χ0v) is 14.5. The van der Waals surface area contributed by atoms with Crippen molar-refractivity contribution in [3.05, 3.63) is 29.3 Å². The van der Waals surface area contributed by atoms with Gasteiger partial charge in [-0.3, -0.25) is 4.79 Å². The van der Waals surface area contributed by atoms with Gasteiger partial charge in [0.2, 0.25) is 15.9 Å². The molecule has 1 unspecified atom stereocenters. The Balaban J connectivity index is 2.01. The van der Waals surface area contributed by atoms with Gasteiger partial charge in [0.05, 0.1) is 15.9 Å². The van der Waals surface area contributed by atoms with E-state index < -0.39 is 32.1 Å². The lowest BCUT2D eigenvalue weighted by Crippen LogP contribution is -2.49. The molecule has 2 aliphatic rings. The summed E-state index contributed by atoms with van der Waals surface area (Å²) in [7, 11) is -4.35. The van der Waals surface area contributed by atoms with E-state index in [1.807, 2.05) is 0 Å². The Bertz CT molecular complexity index is 807. The molecule has 0 saturated carbocycles. The summed E-state index contributed by atoms with van der Waals surface area (Å²) in [5, 5.41) is 2.69. The summed E-state index contributed by atoms with van der Waals surface area (Å²) in [6.07, 6.45) is -3.28. The lowest BCUT2D eigenvalue weighted by Gasteiger charge is -2.37. The molecule has 138 valence electrons. The van der Waals surface area contributed by atoms with E-state index in [1.165, 1.54) is 13.0 Å². The SMILES string of the molecule is Cc1ccc(S(=O)(=O)N2CCCC3(CCNC3=O)C2)c(C(F)(F)F)c1. The van der Waals surface area contributed by atoms with Gasteiger partial charge in [-0.1, -0.05) is 11.6 Å². The minimum atomic E-state index is -4.77. The molecule has 2 aliphatic heterocycles. The second-order valence-corrected chi connectivity index (χ2v) is 8.63. The van der Waals surface area contributed by atoms with Crippen molar-refractivity contribution in [2.75, 3.05) is 19.6 Å². The fourth-order valence-corrected chi connectivity index (χ4v) is 5.39. The van der Waals surface area contributed by atoms with Gasteiger partial charge in [-0.15, -0.1) is 0 Å². The minimum absolute atomic E-state index is 0.0770. The highest BCUT2D eigenvalue weighted by molar-refractivity contribution is 7.89. The molecule has 2 fully saturated rings. The Morgan fingerprint density at radius 1 is 1.24 bits per heavy atom. The molecule has 0 aliphatic carbocycles. The average Bonchev–Trinajstić information content (AvgIpc) is 2.86. The van der Waals surface area contributed by atoms with Crippen molar-refractivity contribution < 1.29 is 26.4 Å². The van der Waals surface area contributed by atoms with Crippen molar-refractivity contribution >= 4 is 15.9 Å². The van der Waals surface area contributed by atoms with Gasteiger partial charge in [-0.2, -0.15) is 17.5 Å². The Kier molecular flexibility index (Phi) is 4.35. The van der Waals surface area contributed by atoms with Crippen LogP contribution in [0.3, 0.4) is 0 Å². The molecule has 3 rings (SSSR count). The van der Waals surface area contributed by atoms with Crippen LogP contribution >= 0.6 is 0 Å². The number of halogens is 3. The van der Waals surface area contributed by atoms with Gasteiger partial charge in [-0.25, -0.2) is 8.42 Å². The van der Waals surface area contributed by atoms with E-state index in [1.54, 1.807) is 0 Å². The van der Waals surface area contributed by atoms with E-state index in [4.69, 9.17) is 0 Å². The summed E-state index contributed by atoms with van der Waals surface area (Å²) in [5.41, 5.74) is -1.66. The zero-order chi connectivity index (χ0) is 18.5. The molecule has 0 radical (unpaired) electrons. The first-order chi connectivity index (χ1) is 11.6. The number of amides is 1. The average molecular weight is 376 g/mol. The van der Waals surface area contributed by atoms with Crippen LogP contribution in [0.4, 0.5) is 13.2 Å². The molecule has 25 heavy (non-hydrogen) atoms. The highest BCUT2D eigenvalue weighted by Gasteiger charge is 2.49. The first kappa shape index (κ1) is 18.2. The summed E-state index contributed by atoms with van der Waals surface area (Å²) >= 11 is 0. The van der Waals surface area contributed by atoms with E-state index in [0.29, 0.717) is 31.4 Å². The molecule has 1 amide bonds. The van der Waals surface area contributed by atoms with Gasteiger partial charge in [-0.05, 0) is 38.3 Å². The number of benzene rings is 1. The summed E-state index contributed by atoms with van der Waals surface area (Å²) in [5.74, 6) is -0.215. The van der Waals surface area contributed by atoms with Crippen molar-refractivity contribution in [1.29, 1.82) is 0 Å². The van der Waals surface area contributed by atoms with Crippen molar-refractivity contribution in [2.24, 2.45) is 5.41 Å². The minimum Gasteiger partial charge on any atom is -0.356 e. The summed E-state index contributed by atoms with van der Waals surface area (Å²) in [6.45, 7) is 1.98. The second kappa shape index (κ2) is 5.98. The number of piperidine rings is 1. The smallest absolute Gasteiger partial charge is 0.356 e. The first-order valence-corrected chi connectivity index (χ1v) is 9.47. The Morgan fingerprint density at radius 2 is 1.96 bits per heavy atom. The van der Waals surface area contributed by atoms with Crippen molar-refractivity contribution in [3.63, 3.8) is 0 Å². The molecule has 0 aromatic heterocycles. The first-order valence-electron chi connectivity index (χ1n) is 8.03. The molecule has 0 bridgehead atoms. The maximum absolute atomic E-state index is 13.3. The van der Waals surface area contributed by atoms with Crippen molar-refractivity contribution in [3.8, 4) is 0 Å². The Hall–Kier alpha value is -1.61. The maximum atomic E-state index is 13.3. The third kappa shape index (κ3) is 3.15. The quantitative estimate of drug-likeness (QED) is 0.861. The summed E-state index contributed by atoms with van der Waals surface area (Å²) < 4.78 is 66.8. The maximum Gasteiger partial charge on any atom is 0.417 e. The molecular weight excluding hydrogens is 357 g/mol. The number of aryl methyl sites for hydroxylation is 1. The van der Waals surface area contributed by atoms with E-state index in [-0.39, 0.29) is 19.0 Å². The third-order valence-electron chi connectivity index (χ3n) is 4.97. The van der Waals surface area contributed by atoms with E-state index in [9.17, 15) is 26.4 Å². The molecule has 1 N–H and O–H groups in total. The normalized spacial score (nSPS) is 25.4. The molecule has 9 heteroatoms. The number of nitrogens with one attached hydrogen (secondary N) is 1. The summed E-state index contributed by atoms with van der Waals surface area (Å²) in [4.78, 5) is 11.4. The fourth-order valence-electron chi connectivity index (χ4n) is 3.63. The third-order valence-corrected chi connectivity index (χ3v) is 6.87. The number of hydrogen-bond acceptors (Lipinski definition) is 3. The molecular formula is C16H19F3N2O3S. The zero-order valence-electron chi connectivity index (χ0n) is 13.7. The molecule has 5 nitrogen and oxygen atoms in total. The van der Waals surface area contributed by atoms with Crippen LogP contribution in [0.2, 0.25) is 0 Å². The standard InChI is InChI=1S/C16H19F3N2O3S/c1-11-3-4-13(12(9-11)16(17,18)19)25(23,24)21-8-2-5-15(10-21)6-7-20-14(15)22/h3-4,9H,2,5-8,10H2,1H3,(H,20,22). The fraction of sp³-hybridized carbons (Fsp3) is 0.562. The van der Waals surface area contributed by atoms with Crippen molar-refractivity contribution in [2.45, 2.75) is 37.3 Å². The summed E-state index contributed by atoms with van der Waals surface area (Å²) in [6, 6.07) is 3.20. The van der Waals surface area contributed by atoms with Crippen LogP contribution in [0.5, 0.6) is 0 Å². The van der Waals surface area contributed by atoms with Crippen LogP contribution in [0.15, 0.2) is 23.1 Å². The van der Waals surface area contributed by atoms with Crippen LogP contribution < -0.4 is 5.32 Å². The van der Waals surface area contributed by atoms with Gasteiger partial charge in [0.1, 0.15) is 0 Å². The molecule has 1 aromatic carbocycles. The van der Waals surface area contributed by atoms with Crippen LogP contribution in [0, 0.1) is 12.3 Å². The van der Waals surface area contributed by atoms with Gasteiger partial charge < -0.3 is 5.32 Å². The van der Waals surface area contributed by atoms with Gasteiger partial charge in [0.15, 0.2) is 0 Å². The molecule has 1 spiro atoms. The Morgan fingerprint density at radius 3 is 2.56 bits per heavy atom. The highest BCUT2D eigenvalue weighted by Crippen LogP contribution is 2.41. The van der Waals surface area contributed by atoms with Crippen molar-refractivity contribution in [1.82, 2.24) is 9.62 Å². The lowest BCUT2D eigenvalue weighted by molar-refractivity contribution is -0.140. The number of rotatable bonds is 2. The largest absolute Gasteiger partial charge is 0.417 e. The van der Waals surface area contributed by atoms with Gasteiger partial charge in [0, 0.05) is 19.6 Å². The predicted molar refractivity (Wildman–Crippen MR) is 84.2 cm³/mol. The number of carbonyl (C=O) groups excluding carboxylic acids is 1. The van der Waals surface area contributed by atoms with E-state index in [0.717, 1.165) is 16.4 Å². The van der Waals surface area contributed by atoms with Gasteiger partial charge in [0.25, 0.3) is 0 Å². The number of sulfonamides is 1. The van der Waals surface area contributed by atoms with Crippen LogP contribution in [0.1, 0.15) is 30.4 Å². The highest BCUT2D eigenvalue weighted by atomic mass is 32.2. The monoisotopic (exact) mass is 376 g/mol. The van der Waals surface area contributed by atoms with Crippen LogP contribution in [-0.4, -0.2) is 38.3 Å². The van der Waals surface area contributed by atoms with E-state index >= 15 is 0 Å². The van der Waals surface area contributed by atoms with E-state index in [2.05, 4.69) is 5.32 Å². The molecule has 2 saturated heterocycles. The van der Waals surface area contributed by atoms with Gasteiger partial charge >= 0.3 is 6.18 Å². The van der Waals surface area contributed by atoms with Crippen LogP contribution in [0.25, 0.3) is 0 Å². The number of alkyl halides is 3. The molecule has 1 aromatic rings.